The highest BCUT2D eigenvalue weighted by Gasteiger charge is 2.22. The van der Waals surface area contributed by atoms with Crippen LogP contribution in [0.5, 0.6) is 0 Å². The molecule has 0 aliphatic carbocycles. The Kier molecular flexibility index (Phi) is 4.82. The fourth-order valence-electron chi connectivity index (χ4n) is 1.74. The summed E-state index contributed by atoms with van der Waals surface area (Å²) in [6.07, 6.45) is 0. The van der Waals surface area contributed by atoms with Gasteiger partial charge in [-0.1, -0.05) is 0 Å². The summed E-state index contributed by atoms with van der Waals surface area (Å²) in [5, 5.41) is 12.6. The number of halogens is 1. The minimum Gasteiger partial charge on any atom is -0.478 e. The number of thiophene rings is 1. The zero-order valence-electron chi connectivity index (χ0n) is 10.9. The number of carbonyl (C=O) groups is 1. The summed E-state index contributed by atoms with van der Waals surface area (Å²) in [4.78, 5) is 10.9. The smallest absolute Gasteiger partial charge is 0.335 e. The minimum atomic E-state index is -3.74. The molecule has 1 aromatic heterocycles. The van der Waals surface area contributed by atoms with Gasteiger partial charge in [-0.05, 0) is 63.4 Å². The van der Waals surface area contributed by atoms with Gasteiger partial charge < -0.3 is 5.11 Å². The predicted molar refractivity (Wildman–Crippen MR) is 84.2 cm³/mol. The van der Waals surface area contributed by atoms with Gasteiger partial charge >= 0.3 is 5.97 Å². The maximum Gasteiger partial charge on any atom is 0.335 e. The third-order valence-electron chi connectivity index (χ3n) is 2.84. The molecule has 5 nitrogen and oxygen atoms in total. The number of aromatic carboxylic acids is 1. The third-order valence-corrected chi connectivity index (χ3v) is 6.06. The van der Waals surface area contributed by atoms with E-state index in [0.29, 0.717) is 0 Å². The maximum absolute atomic E-state index is 12.4. The van der Waals surface area contributed by atoms with E-state index in [9.17, 15) is 13.2 Å². The first kappa shape index (κ1) is 16.2. The molecule has 112 valence electrons. The molecule has 1 aromatic carbocycles. The molecule has 0 saturated carbocycles. The van der Waals surface area contributed by atoms with Gasteiger partial charge in [-0.2, -0.15) is 11.3 Å². The summed E-state index contributed by atoms with van der Waals surface area (Å²) in [7, 11) is -3.74. The van der Waals surface area contributed by atoms with E-state index in [1.807, 2.05) is 16.8 Å². The molecule has 1 atom stereocenters. The van der Waals surface area contributed by atoms with Gasteiger partial charge in [0.25, 0.3) is 0 Å². The van der Waals surface area contributed by atoms with Crippen LogP contribution >= 0.6 is 27.3 Å². The standard InChI is InChI=1S/C13H12BrNO4S2/c1-8(10-4-5-20-7-10)15-21(18,19)12-3-2-9(13(16)17)6-11(12)14/h2-8,15H,1H3,(H,16,17). The largest absolute Gasteiger partial charge is 0.478 e. The van der Waals surface area contributed by atoms with Gasteiger partial charge in [0, 0.05) is 10.5 Å². The van der Waals surface area contributed by atoms with Gasteiger partial charge in [-0.15, -0.1) is 0 Å². The van der Waals surface area contributed by atoms with Gasteiger partial charge in [0.15, 0.2) is 0 Å². The van der Waals surface area contributed by atoms with Gasteiger partial charge in [0.2, 0.25) is 10.0 Å². The zero-order valence-corrected chi connectivity index (χ0v) is 14.1. The van der Waals surface area contributed by atoms with Crippen LogP contribution < -0.4 is 4.72 Å². The van der Waals surface area contributed by atoms with Crippen LogP contribution in [0.1, 0.15) is 28.9 Å². The van der Waals surface area contributed by atoms with Crippen LogP contribution in [0.2, 0.25) is 0 Å². The van der Waals surface area contributed by atoms with Crippen molar-refractivity contribution < 1.29 is 18.3 Å². The molecule has 2 aromatic rings. The second-order valence-electron chi connectivity index (χ2n) is 4.35. The van der Waals surface area contributed by atoms with Gasteiger partial charge in [0.1, 0.15) is 0 Å². The summed E-state index contributed by atoms with van der Waals surface area (Å²) < 4.78 is 27.5. The van der Waals surface area contributed by atoms with Crippen molar-refractivity contribution in [1.82, 2.24) is 4.72 Å². The van der Waals surface area contributed by atoms with E-state index in [4.69, 9.17) is 5.11 Å². The quantitative estimate of drug-likeness (QED) is 0.821. The van der Waals surface area contributed by atoms with Gasteiger partial charge in [0.05, 0.1) is 10.5 Å². The fraction of sp³-hybridized carbons (Fsp3) is 0.154. The van der Waals surface area contributed by atoms with E-state index in [1.165, 1.54) is 29.5 Å². The number of carboxylic acid groups (broad SMARTS) is 1. The fourth-order valence-corrected chi connectivity index (χ4v) is 4.80. The van der Waals surface area contributed by atoms with E-state index in [2.05, 4.69) is 20.7 Å². The molecule has 0 spiro atoms. The summed E-state index contributed by atoms with van der Waals surface area (Å²) in [5.74, 6) is -1.11. The summed E-state index contributed by atoms with van der Waals surface area (Å²) in [6, 6.07) is 5.28. The van der Waals surface area contributed by atoms with Crippen LogP contribution in [-0.2, 0) is 10.0 Å². The van der Waals surface area contributed by atoms with Crippen molar-refractivity contribution in [3.8, 4) is 0 Å². The maximum atomic E-state index is 12.4. The van der Waals surface area contributed by atoms with E-state index in [-0.39, 0.29) is 21.0 Å². The molecular formula is C13H12BrNO4S2. The molecule has 0 aliphatic rings. The van der Waals surface area contributed by atoms with Crippen molar-refractivity contribution in [3.63, 3.8) is 0 Å². The molecule has 0 bridgehead atoms. The predicted octanol–water partition coefficient (Wildman–Crippen LogP) is 3.25. The second kappa shape index (κ2) is 6.27. The SMILES string of the molecule is CC(NS(=O)(=O)c1ccc(C(=O)O)cc1Br)c1ccsc1. The Morgan fingerprint density at radius 3 is 2.62 bits per heavy atom. The second-order valence-corrected chi connectivity index (χ2v) is 7.67. The van der Waals surface area contributed by atoms with Crippen LogP contribution in [0.3, 0.4) is 0 Å². The lowest BCUT2D eigenvalue weighted by Gasteiger charge is -2.14. The highest BCUT2D eigenvalue weighted by Crippen LogP contribution is 2.25. The first-order chi connectivity index (χ1) is 9.81. The van der Waals surface area contributed by atoms with E-state index >= 15 is 0 Å². The van der Waals surface area contributed by atoms with Crippen LogP contribution in [0, 0.1) is 0 Å². The van der Waals surface area contributed by atoms with Gasteiger partial charge in [-0.3, -0.25) is 0 Å². The molecular weight excluding hydrogens is 378 g/mol. The van der Waals surface area contributed by atoms with E-state index in [0.717, 1.165) is 5.56 Å². The lowest BCUT2D eigenvalue weighted by molar-refractivity contribution is 0.0696. The average Bonchev–Trinajstić information content (AvgIpc) is 2.91. The van der Waals surface area contributed by atoms with Crippen molar-refractivity contribution in [2.24, 2.45) is 0 Å². The molecule has 1 heterocycles. The van der Waals surface area contributed by atoms with Crippen LogP contribution in [0.15, 0.2) is 44.4 Å². The molecule has 2 rings (SSSR count). The first-order valence-corrected chi connectivity index (χ1v) is 9.10. The Morgan fingerprint density at radius 1 is 1.38 bits per heavy atom. The van der Waals surface area contributed by atoms with E-state index in [1.54, 1.807) is 6.92 Å². The zero-order chi connectivity index (χ0) is 15.6. The summed E-state index contributed by atoms with van der Waals surface area (Å²) >= 11 is 4.60. The first-order valence-electron chi connectivity index (χ1n) is 5.88. The Balaban J connectivity index is 2.29. The third kappa shape index (κ3) is 3.70. The molecule has 0 amide bonds. The Labute approximate surface area is 134 Å². The molecule has 0 saturated heterocycles. The molecule has 2 N–H and O–H groups in total. The Bertz CT molecular complexity index is 756. The summed E-state index contributed by atoms with van der Waals surface area (Å²) in [6.45, 7) is 1.75. The molecule has 8 heteroatoms. The molecule has 0 radical (unpaired) electrons. The van der Waals surface area contributed by atoms with Crippen LogP contribution in [0.25, 0.3) is 0 Å². The van der Waals surface area contributed by atoms with Crippen LogP contribution in [-0.4, -0.2) is 19.5 Å². The van der Waals surface area contributed by atoms with Crippen LogP contribution in [0.4, 0.5) is 0 Å². The topological polar surface area (TPSA) is 83.5 Å². The molecule has 1 unspecified atom stereocenters. The summed E-state index contributed by atoms with van der Waals surface area (Å²) in [5.41, 5.74) is 0.897. The number of benzene rings is 1. The molecule has 0 fully saturated rings. The Morgan fingerprint density at radius 2 is 2.10 bits per heavy atom. The highest BCUT2D eigenvalue weighted by molar-refractivity contribution is 9.10. The molecule has 21 heavy (non-hydrogen) atoms. The average molecular weight is 390 g/mol. The van der Waals surface area contributed by atoms with Crippen molar-refractivity contribution in [2.75, 3.05) is 0 Å². The van der Waals surface area contributed by atoms with Crippen molar-refractivity contribution in [1.29, 1.82) is 0 Å². The number of rotatable bonds is 5. The van der Waals surface area contributed by atoms with Crippen molar-refractivity contribution in [3.05, 3.63) is 50.6 Å². The van der Waals surface area contributed by atoms with E-state index < -0.39 is 16.0 Å². The lowest BCUT2D eigenvalue weighted by Crippen LogP contribution is -2.27. The van der Waals surface area contributed by atoms with Crippen molar-refractivity contribution >= 4 is 43.3 Å². The number of carboxylic acids is 1. The number of sulfonamides is 1. The Hall–Kier alpha value is -1.22. The normalized spacial score (nSPS) is 13.0. The molecule has 0 aliphatic heterocycles. The monoisotopic (exact) mass is 389 g/mol. The minimum absolute atomic E-state index is 0.00887. The highest BCUT2D eigenvalue weighted by atomic mass is 79.9. The number of hydrogen-bond donors (Lipinski definition) is 2. The number of hydrogen-bond acceptors (Lipinski definition) is 4. The lowest BCUT2D eigenvalue weighted by atomic mass is 10.2. The van der Waals surface area contributed by atoms with Crippen molar-refractivity contribution in [2.45, 2.75) is 17.9 Å². The number of nitrogens with one attached hydrogen (secondary N) is 1. The van der Waals surface area contributed by atoms with Gasteiger partial charge in [-0.25, -0.2) is 17.9 Å².